The van der Waals surface area contributed by atoms with Gasteiger partial charge in [0.2, 0.25) is 0 Å². The number of nitrogens with one attached hydrogen (secondary N) is 2. The lowest BCUT2D eigenvalue weighted by Crippen LogP contribution is -2.35. The number of fused-ring (bicyclic) bond motifs is 1. The summed E-state index contributed by atoms with van der Waals surface area (Å²) in [5, 5.41) is 6.06. The van der Waals surface area contributed by atoms with Gasteiger partial charge in [0.05, 0.1) is 18.3 Å². The van der Waals surface area contributed by atoms with Gasteiger partial charge in [0.1, 0.15) is 5.75 Å². The predicted molar refractivity (Wildman–Crippen MR) is 100.0 cm³/mol. The van der Waals surface area contributed by atoms with Crippen molar-refractivity contribution in [3.63, 3.8) is 0 Å². The Labute approximate surface area is 151 Å². The number of carbonyl (C=O) groups excluding carboxylic acids is 2. The third-order valence-electron chi connectivity index (χ3n) is 3.89. The van der Waals surface area contributed by atoms with Gasteiger partial charge < -0.3 is 15.4 Å². The number of rotatable bonds is 4. The van der Waals surface area contributed by atoms with E-state index in [4.69, 9.17) is 4.74 Å². The number of pyridine rings is 1. The number of benzene rings is 2. The maximum absolute atomic E-state index is 12.2. The summed E-state index contributed by atoms with van der Waals surface area (Å²) in [7, 11) is 1.58. The van der Waals surface area contributed by atoms with Crippen LogP contribution in [0.4, 0.5) is 5.69 Å². The molecule has 3 rings (SSSR count). The smallest absolute Gasteiger partial charge is 0.313 e. The van der Waals surface area contributed by atoms with Gasteiger partial charge in [-0.2, -0.15) is 0 Å². The molecule has 0 bridgehead atoms. The largest absolute Gasteiger partial charge is 0.497 e. The van der Waals surface area contributed by atoms with Crippen LogP contribution in [0.15, 0.2) is 54.6 Å². The molecule has 0 spiro atoms. The number of carbonyl (C=O) groups is 2. The Balaban J connectivity index is 1.69. The fraction of sp³-hybridized carbons (Fsp3) is 0.150. The molecule has 0 aliphatic carbocycles. The molecule has 0 fully saturated rings. The van der Waals surface area contributed by atoms with Crippen molar-refractivity contribution >= 4 is 28.4 Å². The molecule has 2 amide bonds. The molecule has 0 saturated heterocycles. The van der Waals surface area contributed by atoms with Crippen molar-refractivity contribution in [2.75, 3.05) is 12.4 Å². The first-order valence-electron chi connectivity index (χ1n) is 8.15. The van der Waals surface area contributed by atoms with Crippen LogP contribution in [0.5, 0.6) is 5.75 Å². The summed E-state index contributed by atoms with van der Waals surface area (Å²) in [6, 6.07) is 16.5. The molecular formula is C20H19N3O3. The predicted octanol–water partition coefficient (Wildman–Crippen LogP) is 2.81. The van der Waals surface area contributed by atoms with E-state index in [-0.39, 0.29) is 6.54 Å². The molecule has 2 aromatic carbocycles. The SMILES string of the molecule is COc1cccc(CNC(=O)C(=O)Nc2cc(C)nc3ccccc23)c1. The topological polar surface area (TPSA) is 80.3 Å². The van der Waals surface area contributed by atoms with Crippen LogP contribution in [0.2, 0.25) is 0 Å². The molecule has 0 aliphatic rings. The Kier molecular flexibility index (Phi) is 5.12. The normalized spacial score (nSPS) is 10.4. The van der Waals surface area contributed by atoms with Crippen LogP contribution in [0.25, 0.3) is 10.9 Å². The molecule has 1 heterocycles. The van der Waals surface area contributed by atoms with Crippen LogP contribution in [-0.4, -0.2) is 23.9 Å². The molecular weight excluding hydrogens is 330 g/mol. The zero-order chi connectivity index (χ0) is 18.5. The van der Waals surface area contributed by atoms with Crippen LogP contribution >= 0.6 is 0 Å². The van der Waals surface area contributed by atoms with Gasteiger partial charge in [-0.1, -0.05) is 30.3 Å². The molecule has 6 nitrogen and oxygen atoms in total. The van der Waals surface area contributed by atoms with Crippen LogP contribution < -0.4 is 15.4 Å². The zero-order valence-corrected chi connectivity index (χ0v) is 14.6. The number of hydrogen-bond acceptors (Lipinski definition) is 4. The van der Waals surface area contributed by atoms with Crippen molar-refractivity contribution in [1.29, 1.82) is 0 Å². The van der Waals surface area contributed by atoms with Gasteiger partial charge in [0.25, 0.3) is 0 Å². The maximum Gasteiger partial charge on any atom is 0.313 e. The lowest BCUT2D eigenvalue weighted by Gasteiger charge is -2.10. The summed E-state index contributed by atoms with van der Waals surface area (Å²) in [6.07, 6.45) is 0. The summed E-state index contributed by atoms with van der Waals surface area (Å²) in [4.78, 5) is 28.8. The van der Waals surface area contributed by atoms with E-state index in [9.17, 15) is 9.59 Å². The van der Waals surface area contributed by atoms with E-state index in [0.29, 0.717) is 11.4 Å². The molecule has 0 aliphatic heterocycles. The molecule has 2 N–H and O–H groups in total. The number of methoxy groups -OCH3 is 1. The van der Waals surface area contributed by atoms with Crippen molar-refractivity contribution < 1.29 is 14.3 Å². The lowest BCUT2D eigenvalue weighted by molar-refractivity contribution is -0.136. The van der Waals surface area contributed by atoms with E-state index in [1.807, 2.05) is 49.4 Å². The van der Waals surface area contributed by atoms with Crippen LogP contribution in [0, 0.1) is 6.92 Å². The highest BCUT2D eigenvalue weighted by Gasteiger charge is 2.15. The maximum atomic E-state index is 12.2. The highest BCUT2D eigenvalue weighted by molar-refractivity contribution is 6.40. The van der Waals surface area contributed by atoms with Gasteiger partial charge in [0, 0.05) is 17.6 Å². The minimum absolute atomic E-state index is 0.236. The second kappa shape index (κ2) is 7.65. The van der Waals surface area contributed by atoms with Gasteiger partial charge in [-0.25, -0.2) is 0 Å². The number of aromatic nitrogens is 1. The minimum atomic E-state index is -0.719. The van der Waals surface area contributed by atoms with Crippen molar-refractivity contribution in [3.05, 3.63) is 65.9 Å². The molecule has 0 unspecified atom stereocenters. The molecule has 0 saturated carbocycles. The number of anilines is 1. The Bertz CT molecular complexity index is 969. The highest BCUT2D eigenvalue weighted by atomic mass is 16.5. The van der Waals surface area contributed by atoms with Gasteiger partial charge in [-0.15, -0.1) is 0 Å². The minimum Gasteiger partial charge on any atom is -0.497 e. The Morgan fingerprint density at radius 1 is 1.04 bits per heavy atom. The summed E-state index contributed by atoms with van der Waals surface area (Å²) >= 11 is 0. The molecule has 26 heavy (non-hydrogen) atoms. The first-order chi connectivity index (χ1) is 12.6. The number of hydrogen-bond donors (Lipinski definition) is 2. The van der Waals surface area contributed by atoms with Crippen LogP contribution in [-0.2, 0) is 16.1 Å². The second-order valence-corrected chi connectivity index (χ2v) is 5.82. The highest BCUT2D eigenvalue weighted by Crippen LogP contribution is 2.22. The average Bonchev–Trinajstić information content (AvgIpc) is 2.66. The third-order valence-corrected chi connectivity index (χ3v) is 3.89. The molecule has 0 radical (unpaired) electrons. The number of aryl methyl sites for hydroxylation is 1. The summed E-state index contributed by atoms with van der Waals surface area (Å²) in [5.41, 5.74) is 2.93. The Morgan fingerprint density at radius 3 is 2.65 bits per heavy atom. The Morgan fingerprint density at radius 2 is 1.85 bits per heavy atom. The molecule has 1 aromatic heterocycles. The van der Waals surface area contributed by atoms with E-state index >= 15 is 0 Å². The summed E-state index contributed by atoms with van der Waals surface area (Å²) in [5.74, 6) is -0.727. The van der Waals surface area contributed by atoms with Crippen LogP contribution in [0.3, 0.4) is 0 Å². The Hall–Kier alpha value is -3.41. The van der Waals surface area contributed by atoms with Gasteiger partial charge in [0.15, 0.2) is 0 Å². The number of ether oxygens (including phenoxy) is 1. The molecule has 132 valence electrons. The van der Waals surface area contributed by atoms with Gasteiger partial charge in [-0.05, 0) is 36.8 Å². The first-order valence-corrected chi connectivity index (χ1v) is 8.15. The van der Waals surface area contributed by atoms with E-state index in [0.717, 1.165) is 22.2 Å². The third kappa shape index (κ3) is 3.97. The second-order valence-electron chi connectivity index (χ2n) is 5.82. The van der Waals surface area contributed by atoms with E-state index < -0.39 is 11.8 Å². The number of para-hydroxylation sites is 1. The summed E-state index contributed by atoms with van der Waals surface area (Å²) in [6.45, 7) is 2.07. The molecule has 6 heteroatoms. The van der Waals surface area contributed by atoms with Crippen molar-refractivity contribution in [3.8, 4) is 5.75 Å². The van der Waals surface area contributed by atoms with Crippen molar-refractivity contribution in [2.24, 2.45) is 0 Å². The fourth-order valence-corrected chi connectivity index (χ4v) is 2.64. The van der Waals surface area contributed by atoms with Gasteiger partial charge >= 0.3 is 11.8 Å². The molecule has 3 aromatic rings. The summed E-state index contributed by atoms with van der Waals surface area (Å²) < 4.78 is 5.14. The standard InChI is InChI=1S/C20H19N3O3/c1-13-10-18(16-8-3-4-9-17(16)22-13)23-20(25)19(24)21-12-14-6-5-7-15(11-14)26-2/h3-11H,12H2,1-2H3,(H,21,24)(H,22,23,25). The number of nitrogens with zero attached hydrogens (tertiary/aromatic N) is 1. The first kappa shape index (κ1) is 17.4. The van der Waals surface area contributed by atoms with Crippen LogP contribution in [0.1, 0.15) is 11.3 Å². The van der Waals surface area contributed by atoms with E-state index in [2.05, 4.69) is 15.6 Å². The van der Waals surface area contributed by atoms with E-state index in [1.165, 1.54) is 0 Å². The molecule has 0 atom stereocenters. The van der Waals surface area contributed by atoms with Gasteiger partial charge in [-0.3, -0.25) is 14.6 Å². The average molecular weight is 349 g/mol. The van der Waals surface area contributed by atoms with E-state index in [1.54, 1.807) is 19.2 Å². The zero-order valence-electron chi connectivity index (χ0n) is 14.6. The fourth-order valence-electron chi connectivity index (χ4n) is 2.64. The van der Waals surface area contributed by atoms with Crippen molar-refractivity contribution in [1.82, 2.24) is 10.3 Å². The number of amides is 2. The quantitative estimate of drug-likeness (QED) is 0.710. The lowest BCUT2D eigenvalue weighted by atomic mass is 10.1. The monoisotopic (exact) mass is 349 g/mol. The van der Waals surface area contributed by atoms with Crippen molar-refractivity contribution in [2.45, 2.75) is 13.5 Å².